The molecular weight excluding hydrogens is 294 g/mol. The lowest BCUT2D eigenvalue weighted by atomic mass is 10.3. The summed E-state index contributed by atoms with van der Waals surface area (Å²) in [6, 6.07) is 0.306. The van der Waals surface area contributed by atoms with Crippen molar-refractivity contribution in [1.29, 1.82) is 0 Å². The average Bonchev–Trinajstić information content (AvgIpc) is 3.21. The highest BCUT2D eigenvalue weighted by molar-refractivity contribution is 5.74. The van der Waals surface area contributed by atoms with E-state index in [0.717, 1.165) is 25.1 Å². The van der Waals surface area contributed by atoms with E-state index in [1.54, 1.807) is 29.5 Å². The number of nitrogens with zero attached hydrogens (tertiary/aromatic N) is 7. The van der Waals surface area contributed by atoms with Crippen LogP contribution in [0.15, 0.2) is 23.4 Å². The Morgan fingerprint density at radius 2 is 2.09 bits per heavy atom. The third kappa shape index (κ3) is 2.21. The summed E-state index contributed by atoms with van der Waals surface area (Å²) in [5.74, 6) is 0.674. The van der Waals surface area contributed by atoms with E-state index in [1.165, 1.54) is 0 Å². The fourth-order valence-corrected chi connectivity index (χ4v) is 3.21. The smallest absolute Gasteiger partial charge is 0.265 e. The van der Waals surface area contributed by atoms with E-state index in [4.69, 9.17) is 0 Å². The molecule has 0 aliphatic carbocycles. The molecule has 23 heavy (non-hydrogen) atoms. The van der Waals surface area contributed by atoms with Crippen molar-refractivity contribution in [2.45, 2.75) is 19.4 Å². The standard InChI is InChI=1S/C15H19N7O/c1-10-6-16-22(7-10)11-4-5-21(8-11)15-17-13-12(9-19(2)18-13)14(23)20(15)3/h6-7,9,11H,4-5,8H2,1-3H3. The number of aromatic nitrogens is 6. The second kappa shape index (κ2) is 4.94. The molecule has 1 aliphatic heterocycles. The van der Waals surface area contributed by atoms with Gasteiger partial charge in [-0.15, -0.1) is 0 Å². The first-order chi connectivity index (χ1) is 11.0. The molecular formula is C15H19N7O. The molecule has 0 N–H and O–H groups in total. The predicted molar refractivity (Wildman–Crippen MR) is 86.6 cm³/mol. The van der Waals surface area contributed by atoms with Crippen molar-refractivity contribution in [3.05, 3.63) is 34.5 Å². The van der Waals surface area contributed by atoms with Gasteiger partial charge in [0.25, 0.3) is 5.56 Å². The van der Waals surface area contributed by atoms with Crippen LogP contribution in [0.2, 0.25) is 0 Å². The maximum Gasteiger partial charge on any atom is 0.265 e. The lowest BCUT2D eigenvalue weighted by Gasteiger charge is -2.19. The van der Waals surface area contributed by atoms with Gasteiger partial charge in [-0.05, 0) is 18.9 Å². The molecule has 0 amide bonds. The number of rotatable bonds is 2. The molecule has 4 rings (SSSR count). The van der Waals surface area contributed by atoms with Gasteiger partial charge < -0.3 is 4.90 Å². The molecule has 0 bridgehead atoms. The Morgan fingerprint density at radius 1 is 1.26 bits per heavy atom. The normalized spacial score (nSPS) is 18.2. The van der Waals surface area contributed by atoms with Gasteiger partial charge in [-0.25, -0.2) is 0 Å². The van der Waals surface area contributed by atoms with Gasteiger partial charge >= 0.3 is 0 Å². The summed E-state index contributed by atoms with van der Waals surface area (Å²) in [5, 5.41) is 9.23. The van der Waals surface area contributed by atoms with Crippen molar-refractivity contribution in [2.24, 2.45) is 14.1 Å². The second-order valence-electron chi connectivity index (χ2n) is 6.20. The van der Waals surface area contributed by atoms with Crippen LogP contribution in [-0.4, -0.2) is 42.2 Å². The summed E-state index contributed by atoms with van der Waals surface area (Å²) in [4.78, 5) is 19.2. The summed E-state index contributed by atoms with van der Waals surface area (Å²) in [6.07, 6.45) is 6.63. The lowest BCUT2D eigenvalue weighted by Crippen LogP contribution is -2.30. The highest BCUT2D eigenvalue weighted by atomic mass is 16.1. The molecule has 4 heterocycles. The molecule has 1 aliphatic rings. The molecule has 1 saturated heterocycles. The van der Waals surface area contributed by atoms with Crippen LogP contribution in [-0.2, 0) is 14.1 Å². The Bertz CT molecular complexity index is 935. The fourth-order valence-electron chi connectivity index (χ4n) is 3.21. The number of anilines is 1. The van der Waals surface area contributed by atoms with E-state index in [0.29, 0.717) is 23.0 Å². The molecule has 0 saturated carbocycles. The highest BCUT2D eigenvalue weighted by Crippen LogP contribution is 2.25. The van der Waals surface area contributed by atoms with E-state index < -0.39 is 0 Å². The Labute approximate surface area is 133 Å². The molecule has 3 aromatic heterocycles. The monoisotopic (exact) mass is 313 g/mol. The second-order valence-corrected chi connectivity index (χ2v) is 6.20. The van der Waals surface area contributed by atoms with Crippen LogP contribution in [0.3, 0.4) is 0 Å². The van der Waals surface area contributed by atoms with Crippen LogP contribution in [0, 0.1) is 6.92 Å². The first-order valence-corrected chi connectivity index (χ1v) is 7.69. The highest BCUT2D eigenvalue weighted by Gasteiger charge is 2.27. The Hall–Kier alpha value is -2.64. The van der Waals surface area contributed by atoms with Crippen LogP contribution in [0.1, 0.15) is 18.0 Å². The molecule has 3 aromatic rings. The van der Waals surface area contributed by atoms with E-state index in [2.05, 4.69) is 26.3 Å². The van der Waals surface area contributed by atoms with E-state index in [9.17, 15) is 4.79 Å². The molecule has 0 radical (unpaired) electrons. The number of fused-ring (bicyclic) bond motifs is 1. The van der Waals surface area contributed by atoms with Gasteiger partial charge in [-0.1, -0.05) is 0 Å². The number of hydrogen-bond acceptors (Lipinski definition) is 5. The number of aryl methyl sites for hydroxylation is 2. The van der Waals surface area contributed by atoms with Crippen molar-refractivity contribution in [3.63, 3.8) is 0 Å². The van der Waals surface area contributed by atoms with Crippen LogP contribution in [0.25, 0.3) is 11.0 Å². The third-order valence-corrected chi connectivity index (χ3v) is 4.40. The Morgan fingerprint density at radius 3 is 2.83 bits per heavy atom. The minimum Gasteiger partial charge on any atom is -0.340 e. The first kappa shape index (κ1) is 14.0. The molecule has 1 fully saturated rings. The van der Waals surface area contributed by atoms with Gasteiger partial charge in [0.1, 0.15) is 5.39 Å². The lowest BCUT2D eigenvalue weighted by molar-refractivity contribution is 0.493. The van der Waals surface area contributed by atoms with Crippen molar-refractivity contribution < 1.29 is 0 Å². The van der Waals surface area contributed by atoms with Gasteiger partial charge in [0.05, 0.1) is 12.2 Å². The third-order valence-electron chi connectivity index (χ3n) is 4.40. The first-order valence-electron chi connectivity index (χ1n) is 7.69. The largest absolute Gasteiger partial charge is 0.340 e. The van der Waals surface area contributed by atoms with Gasteiger partial charge in [-0.2, -0.15) is 15.2 Å². The summed E-state index contributed by atoms with van der Waals surface area (Å²) < 4.78 is 5.25. The summed E-state index contributed by atoms with van der Waals surface area (Å²) in [5.41, 5.74) is 1.60. The average molecular weight is 313 g/mol. The number of hydrogen-bond donors (Lipinski definition) is 0. The van der Waals surface area contributed by atoms with Gasteiger partial charge in [0.15, 0.2) is 5.65 Å². The molecule has 1 unspecified atom stereocenters. The van der Waals surface area contributed by atoms with Crippen LogP contribution in [0.5, 0.6) is 0 Å². The van der Waals surface area contributed by atoms with Crippen molar-refractivity contribution in [2.75, 3.05) is 18.0 Å². The molecule has 120 valence electrons. The maximum absolute atomic E-state index is 12.5. The van der Waals surface area contributed by atoms with Crippen LogP contribution in [0.4, 0.5) is 5.95 Å². The van der Waals surface area contributed by atoms with Gasteiger partial charge in [-0.3, -0.25) is 18.7 Å². The zero-order valence-electron chi connectivity index (χ0n) is 13.5. The minimum atomic E-state index is -0.0588. The Balaban J connectivity index is 1.70. The molecule has 8 nitrogen and oxygen atoms in total. The quantitative estimate of drug-likeness (QED) is 0.693. The summed E-state index contributed by atoms with van der Waals surface area (Å²) >= 11 is 0. The summed E-state index contributed by atoms with van der Waals surface area (Å²) in [7, 11) is 3.56. The predicted octanol–water partition coefficient (Wildman–Crippen LogP) is 0.623. The van der Waals surface area contributed by atoms with Crippen molar-refractivity contribution in [1.82, 2.24) is 29.1 Å². The SMILES string of the molecule is Cc1cnn(C2CCN(c3nc4nn(C)cc4c(=O)n3C)C2)c1. The van der Waals surface area contributed by atoms with Crippen LogP contribution < -0.4 is 10.5 Å². The van der Waals surface area contributed by atoms with E-state index in [1.807, 2.05) is 17.8 Å². The minimum absolute atomic E-state index is 0.0588. The molecule has 8 heteroatoms. The van der Waals surface area contributed by atoms with E-state index in [-0.39, 0.29) is 5.56 Å². The Kier molecular flexibility index (Phi) is 3.00. The molecule has 0 aromatic carbocycles. The molecule has 1 atom stereocenters. The van der Waals surface area contributed by atoms with E-state index >= 15 is 0 Å². The zero-order chi connectivity index (χ0) is 16.1. The van der Waals surface area contributed by atoms with Gasteiger partial charge in [0, 0.05) is 39.6 Å². The maximum atomic E-state index is 12.5. The van der Waals surface area contributed by atoms with Crippen LogP contribution >= 0.6 is 0 Å². The fraction of sp³-hybridized carbons (Fsp3) is 0.467. The molecule has 0 spiro atoms. The van der Waals surface area contributed by atoms with Crippen molar-refractivity contribution in [3.8, 4) is 0 Å². The summed E-state index contributed by atoms with van der Waals surface area (Å²) in [6.45, 7) is 3.68. The zero-order valence-corrected chi connectivity index (χ0v) is 13.5. The van der Waals surface area contributed by atoms with Gasteiger partial charge in [0.2, 0.25) is 5.95 Å². The topological polar surface area (TPSA) is 73.8 Å². The van der Waals surface area contributed by atoms with Crippen molar-refractivity contribution >= 4 is 17.0 Å².